The van der Waals surface area contributed by atoms with E-state index in [2.05, 4.69) is 26.6 Å². The van der Waals surface area contributed by atoms with Gasteiger partial charge in [0.25, 0.3) is 17.4 Å². The molecule has 2 aromatic carbocycles. The summed E-state index contributed by atoms with van der Waals surface area (Å²) in [5.41, 5.74) is 1.43. The highest BCUT2D eigenvalue weighted by Gasteiger charge is 2.14. The molecule has 0 aliphatic heterocycles. The van der Waals surface area contributed by atoms with E-state index in [9.17, 15) is 14.4 Å². The van der Waals surface area contributed by atoms with E-state index >= 15 is 0 Å². The van der Waals surface area contributed by atoms with Gasteiger partial charge in [0.1, 0.15) is 5.56 Å². The van der Waals surface area contributed by atoms with E-state index in [1.54, 1.807) is 60.8 Å². The van der Waals surface area contributed by atoms with Gasteiger partial charge < -0.3 is 10.6 Å². The van der Waals surface area contributed by atoms with Crippen molar-refractivity contribution in [2.24, 2.45) is 0 Å². The van der Waals surface area contributed by atoms with E-state index in [1.165, 1.54) is 10.6 Å². The van der Waals surface area contributed by atoms with Crippen molar-refractivity contribution in [3.63, 3.8) is 0 Å². The zero-order valence-corrected chi connectivity index (χ0v) is 18.3. The summed E-state index contributed by atoms with van der Waals surface area (Å²) in [6.07, 6.45) is 2.39. The summed E-state index contributed by atoms with van der Waals surface area (Å²) in [6.45, 7) is 3.85. The Kier molecular flexibility index (Phi) is 6.84. The number of anilines is 1. The van der Waals surface area contributed by atoms with E-state index in [0.29, 0.717) is 16.9 Å². The fourth-order valence-corrected chi connectivity index (χ4v) is 3.05. The molecule has 154 valence electrons. The molecular formula is C23H22BrN3O3. The number of nitrogens with one attached hydrogen (secondary N) is 2. The van der Waals surface area contributed by atoms with Crippen LogP contribution in [0.15, 0.2) is 76.1 Å². The number of benzene rings is 2. The number of aromatic nitrogens is 1. The lowest BCUT2D eigenvalue weighted by Crippen LogP contribution is -2.36. The van der Waals surface area contributed by atoms with E-state index in [1.807, 2.05) is 13.8 Å². The topological polar surface area (TPSA) is 80.2 Å². The summed E-state index contributed by atoms with van der Waals surface area (Å²) in [4.78, 5) is 37.5. The van der Waals surface area contributed by atoms with Gasteiger partial charge in [-0.05, 0) is 74.0 Å². The second kappa shape index (κ2) is 9.54. The van der Waals surface area contributed by atoms with Gasteiger partial charge >= 0.3 is 0 Å². The highest BCUT2D eigenvalue weighted by Crippen LogP contribution is 2.15. The highest BCUT2D eigenvalue weighted by atomic mass is 79.9. The van der Waals surface area contributed by atoms with Crippen molar-refractivity contribution in [1.29, 1.82) is 0 Å². The van der Waals surface area contributed by atoms with Crippen LogP contribution in [0.2, 0.25) is 0 Å². The summed E-state index contributed by atoms with van der Waals surface area (Å²) in [5.74, 6) is -0.613. The molecule has 3 rings (SSSR count). The number of hydrogen-bond donors (Lipinski definition) is 2. The Morgan fingerprint density at radius 2 is 1.67 bits per heavy atom. The third kappa shape index (κ3) is 5.04. The molecule has 6 nitrogen and oxygen atoms in total. The first-order chi connectivity index (χ1) is 14.4. The van der Waals surface area contributed by atoms with Crippen LogP contribution in [0.25, 0.3) is 5.69 Å². The molecule has 0 bridgehead atoms. The fraction of sp³-hybridized carbons (Fsp3) is 0.174. The number of amides is 2. The third-order valence-corrected chi connectivity index (χ3v) is 5.22. The molecule has 30 heavy (non-hydrogen) atoms. The monoisotopic (exact) mass is 467 g/mol. The van der Waals surface area contributed by atoms with Crippen molar-refractivity contribution in [3.8, 4) is 5.69 Å². The number of halogens is 1. The second-order valence-corrected chi connectivity index (χ2v) is 7.80. The Morgan fingerprint density at radius 1 is 1.00 bits per heavy atom. The van der Waals surface area contributed by atoms with Crippen LogP contribution < -0.4 is 16.2 Å². The van der Waals surface area contributed by atoms with Gasteiger partial charge in [0, 0.05) is 33.6 Å². The van der Waals surface area contributed by atoms with E-state index in [4.69, 9.17) is 0 Å². The standard InChI is InChI=1S/C23H22BrN3O3/c1-3-15(2)25-22(29)20-5-4-14-27(23(20)30)19-12-10-18(11-13-19)26-21(28)16-6-8-17(24)9-7-16/h4-15H,3H2,1-2H3,(H,25,29)(H,26,28)/t15-/m0/s1. The van der Waals surface area contributed by atoms with Crippen LogP contribution in [0.3, 0.4) is 0 Å². The molecule has 3 aromatic rings. The summed E-state index contributed by atoms with van der Waals surface area (Å²) < 4.78 is 2.31. The van der Waals surface area contributed by atoms with Gasteiger partial charge in [0.2, 0.25) is 0 Å². The van der Waals surface area contributed by atoms with Crippen molar-refractivity contribution >= 4 is 33.4 Å². The van der Waals surface area contributed by atoms with Crippen molar-refractivity contribution in [1.82, 2.24) is 9.88 Å². The van der Waals surface area contributed by atoms with E-state index < -0.39 is 5.56 Å². The van der Waals surface area contributed by atoms with Gasteiger partial charge in [0.15, 0.2) is 0 Å². The minimum atomic E-state index is -0.398. The lowest BCUT2D eigenvalue weighted by atomic mass is 10.2. The highest BCUT2D eigenvalue weighted by molar-refractivity contribution is 9.10. The normalized spacial score (nSPS) is 11.6. The van der Waals surface area contributed by atoms with Crippen LogP contribution in [-0.2, 0) is 0 Å². The smallest absolute Gasteiger partial charge is 0.267 e. The summed E-state index contributed by atoms with van der Waals surface area (Å²) in [7, 11) is 0. The van der Waals surface area contributed by atoms with E-state index in [0.717, 1.165) is 10.9 Å². The van der Waals surface area contributed by atoms with Crippen LogP contribution in [0.1, 0.15) is 41.0 Å². The zero-order chi connectivity index (χ0) is 21.7. The Labute approximate surface area is 183 Å². The average molecular weight is 468 g/mol. The molecule has 2 amide bonds. The number of pyridine rings is 1. The molecule has 0 radical (unpaired) electrons. The van der Waals surface area contributed by atoms with Crippen LogP contribution in [-0.4, -0.2) is 22.4 Å². The van der Waals surface area contributed by atoms with Gasteiger partial charge in [-0.1, -0.05) is 22.9 Å². The van der Waals surface area contributed by atoms with Gasteiger partial charge in [-0.3, -0.25) is 19.0 Å². The first-order valence-electron chi connectivity index (χ1n) is 9.59. The molecular weight excluding hydrogens is 446 g/mol. The van der Waals surface area contributed by atoms with Gasteiger partial charge in [0.05, 0.1) is 0 Å². The van der Waals surface area contributed by atoms with Gasteiger partial charge in [-0.15, -0.1) is 0 Å². The molecule has 0 saturated heterocycles. The molecule has 0 saturated carbocycles. The van der Waals surface area contributed by atoms with Crippen molar-refractivity contribution in [2.75, 3.05) is 5.32 Å². The summed E-state index contributed by atoms with van der Waals surface area (Å²) in [6, 6.07) is 17.1. The first-order valence-corrected chi connectivity index (χ1v) is 10.4. The summed E-state index contributed by atoms with van der Waals surface area (Å²) >= 11 is 3.34. The molecule has 0 aliphatic rings. The van der Waals surface area contributed by atoms with Crippen molar-refractivity contribution in [2.45, 2.75) is 26.3 Å². The Bertz CT molecular complexity index is 1110. The van der Waals surface area contributed by atoms with Crippen LogP contribution in [0, 0.1) is 0 Å². The Balaban J connectivity index is 1.78. The first kappa shape index (κ1) is 21.5. The quantitative estimate of drug-likeness (QED) is 0.564. The Hall–Kier alpha value is -3.19. The maximum atomic E-state index is 12.8. The maximum Gasteiger partial charge on any atom is 0.267 e. The van der Waals surface area contributed by atoms with Crippen LogP contribution >= 0.6 is 15.9 Å². The van der Waals surface area contributed by atoms with Gasteiger partial charge in [-0.2, -0.15) is 0 Å². The maximum absolute atomic E-state index is 12.8. The number of carbonyl (C=O) groups excluding carboxylic acids is 2. The lowest BCUT2D eigenvalue weighted by molar-refractivity contribution is 0.0936. The SMILES string of the molecule is CC[C@H](C)NC(=O)c1cccn(-c2ccc(NC(=O)c3ccc(Br)cc3)cc2)c1=O. The predicted octanol–water partition coefficient (Wildman–Crippen LogP) is 4.38. The van der Waals surface area contributed by atoms with Crippen molar-refractivity contribution < 1.29 is 9.59 Å². The molecule has 0 fully saturated rings. The number of hydrogen-bond acceptors (Lipinski definition) is 3. The zero-order valence-electron chi connectivity index (χ0n) is 16.7. The number of carbonyl (C=O) groups is 2. The van der Waals surface area contributed by atoms with Crippen LogP contribution in [0.4, 0.5) is 5.69 Å². The van der Waals surface area contributed by atoms with Crippen LogP contribution in [0.5, 0.6) is 0 Å². The summed E-state index contributed by atoms with van der Waals surface area (Å²) in [5, 5.41) is 5.64. The molecule has 0 unspecified atom stereocenters. The van der Waals surface area contributed by atoms with E-state index in [-0.39, 0.29) is 23.4 Å². The molecule has 1 heterocycles. The fourth-order valence-electron chi connectivity index (χ4n) is 2.78. The number of nitrogens with zero attached hydrogens (tertiary/aromatic N) is 1. The molecule has 1 atom stereocenters. The minimum absolute atomic E-state index is 0.0147. The third-order valence-electron chi connectivity index (χ3n) is 4.69. The Morgan fingerprint density at radius 3 is 2.30 bits per heavy atom. The molecule has 0 spiro atoms. The predicted molar refractivity (Wildman–Crippen MR) is 121 cm³/mol. The molecule has 1 aromatic heterocycles. The average Bonchev–Trinajstić information content (AvgIpc) is 2.74. The molecule has 2 N–H and O–H groups in total. The number of rotatable bonds is 6. The van der Waals surface area contributed by atoms with Gasteiger partial charge in [-0.25, -0.2) is 0 Å². The van der Waals surface area contributed by atoms with Crippen molar-refractivity contribution in [3.05, 3.63) is 92.8 Å². The molecule has 7 heteroatoms. The largest absolute Gasteiger partial charge is 0.349 e. The minimum Gasteiger partial charge on any atom is -0.349 e. The lowest BCUT2D eigenvalue weighted by Gasteiger charge is -2.13. The molecule has 0 aliphatic carbocycles. The second-order valence-electron chi connectivity index (χ2n) is 6.89.